The Hall–Kier alpha value is -1.66. The third-order valence-corrected chi connectivity index (χ3v) is 2.38. The Morgan fingerprint density at radius 3 is 3.00 bits per heavy atom. The Balaban J connectivity index is 2.57. The van der Waals surface area contributed by atoms with Gasteiger partial charge >= 0.3 is 0 Å². The second-order valence-corrected chi connectivity index (χ2v) is 3.59. The van der Waals surface area contributed by atoms with Crippen molar-refractivity contribution in [2.45, 2.75) is 32.6 Å². The van der Waals surface area contributed by atoms with Crippen LogP contribution in [0.3, 0.4) is 0 Å². The van der Waals surface area contributed by atoms with Gasteiger partial charge in [0.1, 0.15) is 0 Å². The molecule has 1 aliphatic carbocycles. The number of guanidine groups is 1. The minimum absolute atomic E-state index is 0.287. The number of hydrogen-bond acceptors (Lipinski definition) is 4. The fourth-order valence-corrected chi connectivity index (χ4v) is 1.55. The van der Waals surface area contributed by atoms with Crippen molar-refractivity contribution in [1.82, 2.24) is 5.43 Å². The van der Waals surface area contributed by atoms with Crippen molar-refractivity contribution in [1.29, 1.82) is 0 Å². The molecule has 0 saturated heterocycles. The molecular weight excluding hydrogens is 198 g/mol. The lowest BCUT2D eigenvalue weighted by Gasteiger charge is -2.18. The lowest BCUT2D eigenvalue weighted by molar-refractivity contribution is -0.525. The van der Waals surface area contributed by atoms with E-state index in [0.717, 1.165) is 25.0 Å². The molecule has 0 radical (unpaired) electrons. The van der Waals surface area contributed by atoms with Gasteiger partial charge in [0.25, 0.3) is 5.96 Å². The van der Waals surface area contributed by atoms with Crippen LogP contribution in [0.1, 0.15) is 32.6 Å². The standard InChI is InChI=1S/C8H15N5O2/c1-6-4-2-3-5-7(6)10-11-8(9)12-13(14)15/h6H,2-5H2,1H3,(H3,9,11,12)/b10-7+. The maximum atomic E-state index is 10.0. The molecule has 1 fully saturated rings. The highest BCUT2D eigenvalue weighted by molar-refractivity contribution is 5.88. The van der Waals surface area contributed by atoms with Gasteiger partial charge in [-0.1, -0.05) is 18.8 Å². The van der Waals surface area contributed by atoms with Gasteiger partial charge in [0.05, 0.1) is 0 Å². The molecule has 1 saturated carbocycles. The first-order chi connectivity index (χ1) is 7.09. The monoisotopic (exact) mass is 213 g/mol. The summed E-state index contributed by atoms with van der Waals surface area (Å²) in [5.74, 6) is 0.108. The van der Waals surface area contributed by atoms with E-state index in [1.54, 1.807) is 5.43 Å². The van der Waals surface area contributed by atoms with Gasteiger partial charge < -0.3 is 5.73 Å². The van der Waals surface area contributed by atoms with Gasteiger partial charge in [0.2, 0.25) is 0 Å². The first-order valence-corrected chi connectivity index (χ1v) is 4.90. The van der Waals surface area contributed by atoms with Crippen molar-refractivity contribution in [3.05, 3.63) is 10.1 Å². The Morgan fingerprint density at radius 1 is 1.67 bits per heavy atom. The van der Waals surface area contributed by atoms with E-state index in [1.165, 1.54) is 6.42 Å². The molecule has 0 aromatic rings. The zero-order chi connectivity index (χ0) is 11.3. The van der Waals surface area contributed by atoms with E-state index in [0.29, 0.717) is 5.92 Å². The van der Waals surface area contributed by atoms with Crippen LogP contribution in [0.15, 0.2) is 10.2 Å². The number of nitrogens with one attached hydrogen (secondary N) is 1. The first-order valence-electron chi connectivity index (χ1n) is 4.90. The van der Waals surface area contributed by atoms with Gasteiger partial charge in [-0.05, 0) is 25.2 Å². The average Bonchev–Trinajstić information content (AvgIpc) is 2.15. The van der Waals surface area contributed by atoms with E-state index >= 15 is 0 Å². The van der Waals surface area contributed by atoms with Gasteiger partial charge in [-0.25, -0.2) is 10.1 Å². The largest absolute Gasteiger partial charge is 0.364 e. The number of nitrogens with zero attached hydrogens (tertiary/aromatic N) is 3. The van der Waals surface area contributed by atoms with Crippen LogP contribution in [-0.2, 0) is 0 Å². The second kappa shape index (κ2) is 5.28. The van der Waals surface area contributed by atoms with Gasteiger partial charge in [0, 0.05) is 5.71 Å². The van der Waals surface area contributed by atoms with Gasteiger partial charge in [-0.2, -0.15) is 5.10 Å². The highest BCUT2D eigenvalue weighted by atomic mass is 16.7. The zero-order valence-corrected chi connectivity index (χ0v) is 8.64. The summed E-state index contributed by atoms with van der Waals surface area (Å²) in [6.45, 7) is 2.07. The van der Waals surface area contributed by atoms with Crippen molar-refractivity contribution < 1.29 is 5.03 Å². The van der Waals surface area contributed by atoms with Crippen LogP contribution in [0.25, 0.3) is 0 Å². The minimum atomic E-state index is -0.761. The lowest BCUT2D eigenvalue weighted by Crippen LogP contribution is -2.35. The number of hydrogen-bond donors (Lipinski definition) is 2. The Morgan fingerprint density at radius 2 is 2.40 bits per heavy atom. The summed E-state index contributed by atoms with van der Waals surface area (Å²) in [7, 11) is 0. The molecule has 0 bridgehead atoms. The number of nitro groups is 1. The number of hydrazine groups is 1. The molecule has 15 heavy (non-hydrogen) atoms. The van der Waals surface area contributed by atoms with Crippen molar-refractivity contribution in [3.8, 4) is 0 Å². The summed E-state index contributed by atoms with van der Waals surface area (Å²) in [6, 6.07) is 0. The van der Waals surface area contributed by atoms with Crippen molar-refractivity contribution in [3.63, 3.8) is 0 Å². The SMILES string of the molecule is CC1CCCC/C1=N\N=C(/N)N[N+](=O)[O-]. The van der Waals surface area contributed by atoms with Crippen molar-refractivity contribution in [2.24, 2.45) is 21.9 Å². The van der Waals surface area contributed by atoms with Crippen LogP contribution in [0.2, 0.25) is 0 Å². The third-order valence-electron chi connectivity index (χ3n) is 2.38. The topological polar surface area (TPSA) is 106 Å². The van der Waals surface area contributed by atoms with Gasteiger partial charge in [-0.3, -0.25) is 0 Å². The molecule has 0 amide bonds. The molecule has 0 spiro atoms. The maximum Gasteiger partial charge on any atom is 0.275 e. The predicted molar refractivity (Wildman–Crippen MR) is 56.8 cm³/mol. The molecule has 1 atom stereocenters. The van der Waals surface area contributed by atoms with E-state index in [-0.39, 0.29) is 5.96 Å². The molecule has 1 aliphatic rings. The van der Waals surface area contributed by atoms with E-state index in [2.05, 4.69) is 17.1 Å². The molecule has 0 aromatic heterocycles. The van der Waals surface area contributed by atoms with E-state index < -0.39 is 5.03 Å². The summed E-state index contributed by atoms with van der Waals surface area (Å²) in [4.78, 5) is 10.0. The van der Waals surface area contributed by atoms with Crippen LogP contribution in [-0.4, -0.2) is 16.7 Å². The summed E-state index contributed by atoms with van der Waals surface area (Å²) in [5.41, 5.74) is 7.93. The van der Waals surface area contributed by atoms with E-state index in [9.17, 15) is 10.1 Å². The van der Waals surface area contributed by atoms with Gasteiger partial charge in [0.15, 0.2) is 5.03 Å². The quantitative estimate of drug-likeness (QED) is 0.304. The highest BCUT2D eigenvalue weighted by Crippen LogP contribution is 2.20. The van der Waals surface area contributed by atoms with Crippen molar-refractivity contribution >= 4 is 11.7 Å². The normalized spacial score (nSPS) is 25.3. The first kappa shape index (κ1) is 11.4. The zero-order valence-electron chi connectivity index (χ0n) is 8.64. The fraction of sp³-hybridized carbons (Fsp3) is 0.750. The minimum Gasteiger partial charge on any atom is -0.364 e. The lowest BCUT2D eigenvalue weighted by atomic mass is 9.89. The average molecular weight is 213 g/mol. The molecule has 1 unspecified atom stereocenters. The van der Waals surface area contributed by atoms with Crippen LogP contribution in [0, 0.1) is 16.0 Å². The molecule has 84 valence electrons. The fourth-order valence-electron chi connectivity index (χ4n) is 1.55. The third kappa shape index (κ3) is 3.92. The number of nitrogens with two attached hydrogens (primary N) is 1. The maximum absolute atomic E-state index is 10.0. The molecule has 0 aliphatic heterocycles. The molecule has 0 heterocycles. The van der Waals surface area contributed by atoms with Crippen molar-refractivity contribution in [2.75, 3.05) is 0 Å². The Labute approximate surface area is 87.6 Å². The molecule has 1 rings (SSSR count). The molecular formula is C8H15N5O2. The predicted octanol–water partition coefficient (Wildman–Crippen LogP) is 0.649. The summed E-state index contributed by atoms with van der Waals surface area (Å²) >= 11 is 0. The smallest absolute Gasteiger partial charge is 0.275 e. The highest BCUT2D eigenvalue weighted by Gasteiger charge is 2.15. The summed E-state index contributed by atoms with van der Waals surface area (Å²) < 4.78 is 0. The molecule has 3 N–H and O–H groups in total. The van der Waals surface area contributed by atoms with Gasteiger partial charge in [-0.15, -0.1) is 5.10 Å². The van der Waals surface area contributed by atoms with Crippen LogP contribution in [0.4, 0.5) is 0 Å². The van der Waals surface area contributed by atoms with Crippen LogP contribution in [0.5, 0.6) is 0 Å². The van der Waals surface area contributed by atoms with Crippen LogP contribution < -0.4 is 11.2 Å². The molecule has 7 heteroatoms. The van der Waals surface area contributed by atoms with Crippen LogP contribution >= 0.6 is 0 Å². The molecule has 7 nitrogen and oxygen atoms in total. The number of rotatable bonds is 2. The van der Waals surface area contributed by atoms with E-state index in [4.69, 9.17) is 5.73 Å². The second-order valence-electron chi connectivity index (χ2n) is 3.59. The Kier molecular flexibility index (Phi) is 4.02. The van der Waals surface area contributed by atoms with E-state index in [1.807, 2.05) is 0 Å². The Bertz CT molecular complexity index is 299. The summed E-state index contributed by atoms with van der Waals surface area (Å²) in [6.07, 6.45) is 4.29. The summed E-state index contributed by atoms with van der Waals surface area (Å²) in [5, 5.41) is 16.7. The molecule has 0 aromatic carbocycles.